The lowest BCUT2D eigenvalue weighted by Crippen LogP contribution is -2.70. The van der Waals surface area contributed by atoms with Crippen molar-refractivity contribution in [2.24, 2.45) is 11.1 Å². The summed E-state index contributed by atoms with van der Waals surface area (Å²) >= 11 is 2.41. The Hall–Kier alpha value is -5.22. The van der Waals surface area contributed by atoms with Crippen molar-refractivity contribution in [3.63, 3.8) is 0 Å². The zero-order valence-electron chi connectivity index (χ0n) is 29.4. The average molecular weight is 749 g/mol. The number of nitrogens with one attached hydrogen (secondary N) is 3. The molecule has 3 N–H and O–H groups in total. The highest BCUT2D eigenvalue weighted by molar-refractivity contribution is 8.00. The van der Waals surface area contributed by atoms with Gasteiger partial charge in [0.1, 0.15) is 41.6 Å². The van der Waals surface area contributed by atoms with E-state index in [1.165, 1.54) is 29.2 Å². The van der Waals surface area contributed by atoms with Crippen molar-refractivity contribution in [1.82, 2.24) is 20.5 Å². The number of carbonyl (C=O) groups excluding carboxylic acids is 5. The van der Waals surface area contributed by atoms with Gasteiger partial charge < -0.3 is 30.3 Å². The van der Waals surface area contributed by atoms with Gasteiger partial charge in [-0.05, 0) is 43.9 Å². The minimum Gasteiger partial charge on any atom is -0.448 e. The monoisotopic (exact) mass is 748 g/mol. The van der Waals surface area contributed by atoms with Gasteiger partial charge in [-0.25, -0.2) is 14.6 Å². The van der Waals surface area contributed by atoms with E-state index in [1.807, 2.05) is 60.7 Å². The second-order valence-corrected chi connectivity index (χ2v) is 15.1. The molecule has 0 aliphatic carbocycles. The topological polar surface area (TPSA) is 178 Å². The maximum atomic E-state index is 13.6. The predicted molar refractivity (Wildman–Crippen MR) is 196 cm³/mol. The minimum absolute atomic E-state index is 0.0813. The number of nitrogens with zero attached hydrogens (tertiary/aromatic N) is 3. The fraction of sp³-hybridized carbons (Fsp3) is 0.361. The van der Waals surface area contributed by atoms with Crippen LogP contribution in [0.4, 0.5) is 9.93 Å². The van der Waals surface area contributed by atoms with E-state index in [9.17, 15) is 24.0 Å². The van der Waals surface area contributed by atoms with Gasteiger partial charge in [0.25, 0.3) is 11.8 Å². The molecule has 14 nitrogen and oxygen atoms in total. The van der Waals surface area contributed by atoms with Gasteiger partial charge in [0.2, 0.25) is 5.91 Å². The number of β-lactam (4-membered cyclic amide) rings is 1. The van der Waals surface area contributed by atoms with Crippen LogP contribution in [-0.2, 0) is 33.5 Å². The first kappa shape index (κ1) is 38.0. The molecular formula is C36H40N6O8S2. The largest absolute Gasteiger partial charge is 0.448 e. The lowest BCUT2D eigenvalue weighted by molar-refractivity contribution is -0.154. The van der Waals surface area contributed by atoms with Crippen LogP contribution in [0.1, 0.15) is 57.5 Å². The number of thioether (sulfide) groups is 1. The molecule has 1 fully saturated rings. The molecule has 2 aliphatic heterocycles. The van der Waals surface area contributed by atoms with Gasteiger partial charge in [-0.3, -0.25) is 19.3 Å². The summed E-state index contributed by atoms with van der Waals surface area (Å²) in [7, 11) is 1.26. The SMILES string of the molecule is CO/N=C(\C(=O)N[C@@H]1C(=O)N2C(C(=O)OC(c3ccccc3)c3ccccc3)=CCS[C@H]12)c1csc(NC(=O)[C@@H](NC(=O)OC(C)(C)C)C(C)C)n1. The van der Waals surface area contributed by atoms with E-state index in [-0.39, 0.29) is 28.2 Å². The quantitative estimate of drug-likeness (QED) is 0.103. The van der Waals surface area contributed by atoms with E-state index >= 15 is 0 Å². The molecule has 0 saturated carbocycles. The standard InChI is InChI=1S/C36H40N6O8S2/c1-20(2)25(39-35(47)50-36(3,4)5)29(43)40-34-37-23(19-52-34)26(41-48-6)30(44)38-27-31(45)42-24(17-18-51-32(27)42)33(46)49-28(21-13-9-7-10-14-21)22-15-11-8-12-16-22/h7-17,19-20,25,27-28,32H,18H2,1-6H3,(H,38,44)(H,39,47)(H,37,40,43)/b41-26-/t25-,27+,32+/m0/s1. The molecule has 3 heterocycles. The molecule has 0 radical (unpaired) electrons. The predicted octanol–water partition coefficient (Wildman–Crippen LogP) is 4.60. The summed E-state index contributed by atoms with van der Waals surface area (Å²) in [6.45, 7) is 8.68. The molecule has 2 aliphatic rings. The molecule has 274 valence electrons. The van der Waals surface area contributed by atoms with Crippen molar-refractivity contribution in [3.8, 4) is 0 Å². The minimum atomic E-state index is -0.973. The zero-order valence-corrected chi connectivity index (χ0v) is 31.1. The number of oxime groups is 1. The molecule has 2 aromatic carbocycles. The van der Waals surface area contributed by atoms with E-state index in [2.05, 4.69) is 26.1 Å². The van der Waals surface area contributed by atoms with Crippen LogP contribution in [0.25, 0.3) is 0 Å². The maximum Gasteiger partial charge on any atom is 0.408 e. The lowest BCUT2D eigenvalue weighted by Gasteiger charge is -2.48. The number of benzene rings is 2. The number of alkyl carbamates (subject to hydrolysis) is 1. The summed E-state index contributed by atoms with van der Waals surface area (Å²) in [6, 6.07) is 16.7. The Labute approximate surface area is 309 Å². The third-order valence-electron chi connectivity index (χ3n) is 7.77. The Bertz CT molecular complexity index is 1820. The average Bonchev–Trinajstić information content (AvgIpc) is 3.57. The van der Waals surface area contributed by atoms with Gasteiger partial charge in [0.05, 0.1) is 0 Å². The highest BCUT2D eigenvalue weighted by Gasteiger charge is 2.53. The van der Waals surface area contributed by atoms with Crippen molar-refractivity contribution in [1.29, 1.82) is 0 Å². The third-order valence-corrected chi connectivity index (χ3v) is 9.71. The van der Waals surface area contributed by atoms with Crippen molar-refractivity contribution < 1.29 is 38.3 Å². The number of esters is 1. The number of rotatable bonds is 12. The molecular weight excluding hydrogens is 709 g/mol. The molecule has 3 atom stereocenters. The Balaban J connectivity index is 1.24. The number of aromatic nitrogens is 1. The molecule has 0 spiro atoms. The number of thiazole rings is 1. The summed E-state index contributed by atoms with van der Waals surface area (Å²) in [5, 5.41) is 12.8. The van der Waals surface area contributed by atoms with E-state index < -0.39 is 58.9 Å². The van der Waals surface area contributed by atoms with Crippen LogP contribution in [0.5, 0.6) is 0 Å². The molecule has 1 saturated heterocycles. The normalized spacial score (nSPS) is 17.7. The van der Waals surface area contributed by atoms with Crippen molar-refractivity contribution in [2.45, 2.75) is 63.8 Å². The second kappa shape index (κ2) is 16.4. The van der Waals surface area contributed by atoms with Gasteiger partial charge in [-0.15, -0.1) is 23.1 Å². The summed E-state index contributed by atoms with van der Waals surface area (Å²) in [5.74, 6) is -2.33. The Morgan fingerprint density at radius 1 is 1.00 bits per heavy atom. The van der Waals surface area contributed by atoms with Gasteiger partial charge in [0, 0.05) is 11.1 Å². The molecule has 52 heavy (non-hydrogen) atoms. The number of fused-ring (bicyclic) bond motifs is 1. The summed E-state index contributed by atoms with van der Waals surface area (Å²) in [5.41, 5.74) is 0.747. The number of hydrogen-bond acceptors (Lipinski definition) is 12. The Morgan fingerprint density at radius 2 is 1.63 bits per heavy atom. The van der Waals surface area contributed by atoms with Crippen molar-refractivity contribution in [3.05, 3.63) is 94.6 Å². The fourth-order valence-corrected chi connectivity index (χ4v) is 7.27. The van der Waals surface area contributed by atoms with Crippen molar-refractivity contribution >= 4 is 63.7 Å². The van der Waals surface area contributed by atoms with Crippen LogP contribution < -0.4 is 16.0 Å². The molecule has 0 bridgehead atoms. The van der Waals surface area contributed by atoms with Crippen LogP contribution in [0.2, 0.25) is 0 Å². The van der Waals surface area contributed by atoms with Gasteiger partial charge in [0.15, 0.2) is 16.9 Å². The first-order chi connectivity index (χ1) is 24.8. The molecule has 1 aromatic heterocycles. The van der Waals surface area contributed by atoms with E-state index in [0.717, 1.165) is 22.5 Å². The highest BCUT2D eigenvalue weighted by atomic mass is 32.2. The highest BCUT2D eigenvalue weighted by Crippen LogP contribution is 2.39. The number of ether oxygens (including phenoxy) is 2. The number of anilines is 1. The third kappa shape index (κ3) is 8.98. The second-order valence-electron chi connectivity index (χ2n) is 13.1. The van der Waals surface area contributed by atoms with Crippen LogP contribution in [0.15, 0.2) is 83.0 Å². The van der Waals surface area contributed by atoms with Gasteiger partial charge in [-0.2, -0.15) is 0 Å². The number of amides is 4. The fourth-order valence-electron chi connectivity index (χ4n) is 5.38. The molecule has 3 aromatic rings. The molecule has 4 amide bonds. The van der Waals surface area contributed by atoms with Crippen LogP contribution in [-0.4, -0.2) is 81.3 Å². The molecule has 0 unspecified atom stereocenters. The maximum absolute atomic E-state index is 13.6. The zero-order chi connectivity index (χ0) is 37.6. The summed E-state index contributed by atoms with van der Waals surface area (Å²) in [4.78, 5) is 76.6. The van der Waals surface area contributed by atoms with E-state index in [0.29, 0.717) is 5.75 Å². The van der Waals surface area contributed by atoms with Crippen LogP contribution >= 0.6 is 23.1 Å². The van der Waals surface area contributed by atoms with E-state index in [1.54, 1.807) is 40.7 Å². The molecule has 5 rings (SSSR count). The molecule has 16 heteroatoms. The summed E-state index contributed by atoms with van der Waals surface area (Å²) < 4.78 is 11.3. The summed E-state index contributed by atoms with van der Waals surface area (Å²) in [6.07, 6.45) is 0.201. The first-order valence-corrected chi connectivity index (χ1v) is 18.3. The van der Waals surface area contributed by atoms with Crippen LogP contribution in [0, 0.1) is 5.92 Å². The first-order valence-electron chi connectivity index (χ1n) is 16.4. The Morgan fingerprint density at radius 3 is 2.21 bits per heavy atom. The Kier molecular flexibility index (Phi) is 12.0. The number of hydrogen-bond donors (Lipinski definition) is 3. The van der Waals surface area contributed by atoms with Gasteiger partial charge >= 0.3 is 12.1 Å². The van der Waals surface area contributed by atoms with Gasteiger partial charge in [-0.1, -0.05) is 79.7 Å². The number of carbonyl (C=O) groups is 5. The van der Waals surface area contributed by atoms with Crippen LogP contribution in [0.3, 0.4) is 0 Å². The van der Waals surface area contributed by atoms with E-state index in [4.69, 9.17) is 14.3 Å². The lowest BCUT2D eigenvalue weighted by atomic mass is 10.0. The smallest absolute Gasteiger partial charge is 0.408 e. The van der Waals surface area contributed by atoms with Crippen molar-refractivity contribution in [2.75, 3.05) is 18.2 Å².